The van der Waals surface area contributed by atoms with E-state index >= 15 is 0 Å². The first-order chi connectivity index (χ1) is 8.09. The summed E-state index contributed by atoms with van der Waals surface area (Å²) in [6.07, 6.45) is 6.68. The van der Waals surface area contributed by atoms with Crippen molar-refractivity contribution < 1.29 is 4.79 Å². The zero-order valence-corrected chi connectivity index (χ0v) is 11.4. The predicted octanol–water partition coefficient (Wildman–Crippen LogP) is 2.37. The zero-order valence-electron chi connectivity index (χ0n) is 11.4. The third kappa shape index (κ3) is 2.82. The van der Waals surface area contributed by atoms with Crippen molar-refractivity contribution in [1.29, 1.82) is 0 Å². The Balaban J connectivity index is 1.99. The fourth-order valence-electron chi connectivity index (χ4n) is 3.11. The van der Waals surface area contributed by atoms with Crippen LogP contribution >= 0.6 is 0 Å². The summed E-state index contributed by atoms with van der Waals surface area (Å²) in [7, 11) is 0. The van der Waals surface area contributed by atoms with Gasteiger partial charge in [0.05, 0.1) is 12.2 Å². The number of nitrogens with one attached hydrogen (secondary N) is 1. The first-order valence-corrected chi connectivity index (χ1v) is 7.16. The molecule has 3 heteroatoms. The minimum absolute atomic E-state index is 0.0211. The van der Waals surface area contributed by atoms with Gasteiger partial charge in [-0.1, -0.05) is 26.7 Å². The van der Waals surface area contributed by atoms with Gasteiger partial charge in [0.25, 0.3) is 0 Å². The van der Waals surface area contributed by atoms with E-state index in [9.17, 15) is 4.79 Å². The lowest BCUT2D eigenvalue weighted by Crippen LogP contribution is -2.43. The van der Waals surface area contributed by atoms with Gasteiger partial charge in [-0.05, 0) is 38.0 Å². The van der Waals surface area contributed by atoms with Crippen molar-refractivity contribution in [2.45, 2.75) is 65.1 Å². The van der Waals surface area contributed by atoms with Crippen LogP contribution in [-0.2, 0) is 4.79 Å². The zero-order chi connectivity index (χ0) is 12.4. The fourth-order valence-corrected chi connectivity index (χ4v) is 3.11. The third-order valence-corrected chi connectivity index (χ3v) is 4.20. The summed E-state index contributed by atoms with van der Waals surface area (Å²) in [6, 6.07) is 0.0211. The Labute approximate surface area is 105 Å². The second-order valence-electron chi connectivity index (χ2n) is 6.09. The maximum atomic E-state index is 12.1. The van der Waals surface area contributed by atoms with E-state index in [0.717, 1.165) is 13.0 Å². The second-order valence-corrected chi connectivity index (χ2v) is 6.09. The van der Waals surface area contributed by atoms with Gasteiger partial charge in [-0.15, -0.1) is 0 Å². The van der Waals surface area contributed by atoms with E-state index in [0.29, 0.717) is 23.9 Å². The van der Waals surface area contributed by atoms with Gasteiger partial charge in [-0.3, -0.25) is 10.1 Å². The molecule has 2 unspecified atom stereocenters. The summed E-state index contributed by atoms with van der Waals surface area (Å²) >= 11 is 0. The molecule has 0 aromatic carbocycles. The summed E-state index contributed by atoms with van der Waals surface area (Å²) in [5, 5.41) is 3.50. The van der Waals surface area contributed by atoms with Crippen LogP contribution in [0.5, 0.6) is 0 Å². The number of rotatable bonds is 4. The highest BCUT2D eigenvalue weighted by molar-refractivity contribution is 5.83. The minimum Gasteiger partial charge on any atom is -0.326 e. The maximum Gasteiger partial charge on any atom is 0.240 e. The summed E-state index contributed by atoms with van der Waals surface area (Å²) in [5.74, 6) is 1.67. The van der Waals surface area contributed by atoms with Crippen LogP contribution in [0, 0.1) is 11.8 Å². The normalized spacial score (nSPS) is 30.8. The lowest BCUT2D eigenvalue weighted by Gasteiger charge is -2.29. The summed E-state index contributed by atoms with van der Waals surface area (Å²) in [4.78, 5) is 14.3. The Morgan fingerprint density at radius 3 is 2.59 bits per heavy atom. The van der Waals surface area contributed by atoms with Gasteiger partial charge in [0.1, 0.15) is 0 Å². The molecular weight excluding hydrogens is 212 g/mol. The smallest absolute Gasteiger partial charge is 0.240 e. The monoisotopic (exact) mass is 238 g/mol. The van der Waals surface area contributed by atoms with E-state index in [1.807, 2.05) is 6.92 Å². The van der Waals surface area contributed by atoms with Gasteiger partial charge < -0.3 is 4.90 Å². The summed E-state index contributed by atoms with van der Waals surface area (Å²) in [5.41, 5.74) is 0. The maximum absolute atomic E-state index is 12.1. The van der Waals surface area contributed by atoms with Crippen LogP contribution in [0.3, 0.4) is 0 Å². The van der Waals surface area contributed by atoms with Gasteiger partial charge in [-0.2, -0.15) is 0 Å². The van der Waals surface area contributed by atoms with Gasteiger partial charge in [-0.25, -0.2) is 0 Å². The van der Waals surface area contributed by atoms with Gasteiger partial charge >= 0.3 is 0 Å². The Bertz CT molecular complexity index is 271. The molecule has 1 N–H and O–H groups in total. The van der Waals surface area contributed by atoms with Crippen molar-refractivity contribution in [2.24, 2.45) is 11.8 Å². The van der Waals surface area contributed by atoms with E-state index in [-0.39, 0.29) is 6.04 Å². The molecule has 0 aromatic heterocycles. The third-order valence-electron chi connectivity index (χ3n) is 4.20. The molecule has 1 amide bonds. The fraction of sp³-hybridized carbons (Fsp3) is 0.929. The first kappa shape index (κ1) is 12.9. The highest BCUT2D eigenvalue weighted by Gasteiger charge is 2.40. The molecule has 0 spiro atoms. The van der Waals surface area contributed by atoms with Crippen molar-refractivity contribution in [3.05, 3.63) is 0 Å². The lowest BCUT2D eigenvalue weighted by molar-refractivity contribution is -0.130. The average molecular weight is 238 g/mol. The van der Waals surface area contributed by atoms with E-state index in [2.05, 4.69) is 24.1 Å². The topological polar surface area (TPSA) is 32.3 Å². The van der Waals surface area contributed by atoms with Crippen molar-refractivity contribution in [3.8, 4) is 0 Å². The number of nitrogens with zero attached hydrogens (tertiary/aromatic N) is 1. The lowest BCUT2D eigenvalue weighted by atomic mass is 10.0. The Hall–Kier alpha value is -0.570. The van der Waals surface area contributed by atoms with Gasteiger partial charge in [0, 0.05) is 6.54 Å². The van der Waals surface area contributed by atoms with Crippen LogP contribution in [0.25, 0.3) is 0 Å². The summed E-state index contributed by atoms with van der Waals surface area (Å²) in [6.45, 7) is 7.37. The number of hydrogen-bond acceptors (Lipinski definition) is 2. The molecule has 1 saturated carbocycles. The van der Waals surface area contributed by atoms with Crippen LogP contribution in [0.15, 0.2) is 0 Å². The molecule has 2 rings (SSSR count). The molecule has 17 heavy (non-hydrogen) atoms. The molecule has 2 fully saturated rings. The number of amides is 1. The van der Waals surface area contributed by atoms with Crippen molar-refractivity contribution in [3.63, 3.8) is 0 Å². The van der Waals surface area contributed by atoms with Crippen LogP contribution in [0.1, 0.15) is 52.9 Å². The Morgan fingerprint density at radius 1 is 1.35 bits per heavy atom. The molecule has 0 aromatic rings. The molecule has 2 atom stereocenters. The molecule has 0 bridgehead atoms. The van der Waals surface area contributed by atoms with Crippen molar-refractivity contribution >= 4 is 5.91 Å². The van der Waals surface area contributed by atoms with E-state index in [4.69, 9.17) is 0 Å². The van der Waals surface area contributed by atoms with E-state index in [1.165, 1.54) is 25.7 Å². The van der Waals surface area contributed by atoms with Gasteiger partial charge in [0.15, 0.2) is 0 Å². The average Bonchev–Trinajstić information content (AvgIpc) is 2.87. The molecule has 1 aliphatic carbocycles. The molecule has 1 aliphatic heterocycles. The second kappa shape index (κ2) is 5.38. The van der Waals surface area contributed by atoms with Gasteiger partial charge in [0.2, 0.25) is 5.91 Å². The van der Waals surface area contributed by atoms with Crippen LogP contribution in [0.2, 0.25) is 0 Å². The molecule has 98 valence electrons. The van der Waals surface area contributed by atoms with Crippen LogP contribution in [-0.4, -0.2) is 29.6 Å². The van der Waals surface area contributed by atoms with E-state index in [1.54, 1.807) is 0 Å². The van der Waals surface area contributed by atoms with Crippen LogP contribution < -0.4 is 5.32 Å². The highest BCUT2D eigenvalue weighted by atomic mass is 16.2. The highest BCUT2D eigenvalue weighted by Crippen LogP contribution is 2.32. The van der Waals surface area contributed by atoms with Crippen LogP contribution in [0.4, 0.5) is 0 Å². The first-order valence-electron chi connectivity index (χ1n) is 7.16. The molecule has 1 heterocycles. The molecule has 3 nitrogen and oxygen atoms in total. The molecule has 2 aliphatic rings. The standard InChI is InChI=1S/C14H26N2O/c1-10(2)8-9-16-13(12-6-4-5-7-12)15-11(3)14(16)17/h10-13,15H,4-9H2,1-3H3. The van der Waals surface area contributed by atoms with Crippen molar-refractivity contribution in [2.75, 3.05) is 6.54 Å². The number of hydrogen-bond donors (Lipinski definition) is 1. The Morgan fingerprint density at radius 2 is 2.00 bits per heavy atom. The minimum atomic E-state index is 0.0211. The van der Waals surface area contributed by atoms with Crippen molar-refractivity contribution in [1.82, 2.24) is 10.2 Å². The SMILES string of the molecule is CC(C)CCN1C(=O)C(C)NC1C1CCCC1. The number of carbonyl (C=O) groups excluding carboxylic acids is 1. The molecule has 0 radical (unpaired) electrons. The largest absolute Gasteiger partial charge is 0.326 e. The number of carbonyl (C=O) groups is 1. The Kier molecular flexibility index (Phi) is 4.08. The molecular formula is C14H26N2O. The molecule has 1 saturated heterocycles. The predicted molar refractivity (Wildman–Crippen MR) is 69.5 cm³/mol. The summed E-state index contributed by atoms with van der Waals surface area (Å²) < 4.78 is 0. The quantitative estimate of drug-likeness (QED) is 0.815. The van der Waals surface area contributed by atoms with E-state index < -0.39 is 0 Å².